The van der Waals surface area contributed by atoms with E-state index >= 15 is 0 Å². The summed E-state index contributed by atoms with van der Waals surface area (Å²) >= 11 is 0. The van der Waals surface area contributed by atoms with Gasteiger partial charge in [0.15, 0.2) is 0 Å². The fourth-order valence-corrected chi connectivity index (χ4v) is 3.63. The van der Waals surface area contributed by atoms with Gasteiger partial charge in [-0.25, -0.2) is 8.78 Å². The minimum absolute atomic E-state index is 0.0845. The molecule has 1 amide bonds. The summed E-state index contributed by atoms with van der Waals surface area (Å²) in [5.41, 5.74) is 2.30. The van der Waals surface area contributed by atoms with Gasteiger partial charge in [-0.1, -0.05) is 0 Å². The number of benzene rings is 2. The van der Waals surface area contributed by atoms with E-state index in [1.165, 1.54) is 25.3 Å². The third-order valence-electron chi connectivity index (χ3n) is 5.04. The number of hydrogen-bond donors (Lipinski definition) is 1. The van der Waals surface area contributed by atoms with Crippen LogP contribution in [0.5, 0.6) is 5.75 Å². The molecule has 1 fully saturated rings. The molecule has 3 aromatic rings. The van der Waals surface area contributed by atoms with E-state index in [1.807, 2.05) is 0 Å². The summed E-state index contributed by atoms with van der Waals surface area (Å²) in [6.07, 6.45) is 4.20. The molecular weight excluding hydrogens is 364 g/mol. The molecule has 4 rings (SSSR count). The molecule has 7 heteroatoms. The third kappa shape index (κ3) is 3.47. The van der Waals surface area contributed by atoms with Crippen molar-refractivity contribution in [1.82, 2.24) is 10.2 Å². The number of aromatic nitrogens is 2. The lowest BCUT2D eigenvalue weighted by Gasteiger charge is -2.18. The summed E-state index contributed by atoms with van der Waals surface area (Å²) in [6, 6.07) is 9.20. The van der Waals surface area contributed by atoms with Crippen LogP contribution < -0.4 is 9.64 Å². The molecule has 1 aliphatic rings. The molecule has 1 unspecified atom stereocenters. The topological polar surface area (TPSA) is 58.2 Å². The predicted molar refractivity (Wildman–Crippen MR) is 101 cm³/mol. The second-order valence-corrected chi connectivity index (χ2v) is 6.83. The number of anilines is 1. The second-order valence-electron chi connectivity index (χ2n) is 6.83. The average Bonchev–Trinajstić information content (AvgIpc) is 3.32. The Hall–Kier alpha value is -3.22. The quantitative estimate of drug-likeness (QED) is 0.726. The first-order chi connectivity index (χ1) is 13.5. The van der Waals surface area contributed by atoms with E-state index in [4.69, 9.17) is 4.74 Å². The molecule has 1 saturated heterocycles. The summed E-state index contributed by atoms with van der Waals surface area (Å²) in [7, 11) is 1.47. The second kappa shape index (κ2) is 7.42. The van der Waals surface area contributed by atoms with Crippen molar-refractivity contribution in [2.45, 2.75) is 12.8 Å². The maximum Gasteiger partial charge on any atom is 0.230 e. The first-order valence-electron chi connectivity index (χ1n) is 8.98. The first-order valence-corrected chi connectivity index (χ1v) is 8.98. The first kappa shape index (κ1) is 18.2. The molecule has 5 nitrogen and oxygen atoms in total. The summed E-state index contributed by atoms with van der Waals surface area (Å²) < 4.78 is 33.3. The van der Waals surface area contributed by atoms with Gasteiger partial charge in [-0.3, -0.25) is 9.89 Å². The molecular formula is C21H19F2N3O2. The normalized spacial score (nSPS) is 16.6. The molecule has 1 aliphatic heterocycles. The van der Waals surface area contributed by atoms with E-state index in [0.717, 1.165) is 0 Å². The minimum atomic E-state index is -0.412. The highest BCUT2D eigenvalue weighted by atomic mass is 19.1. The third-order valence-corrected chi connectivity index (χ3v) is 5.04. The SMILES string of the molecule is COc1cc(F)cc(CC2CCN(c3ccc(-c4cn[nH]c4)c(F)c3)C2=O)c1. The number of nitrogens with one attached hydrogen (secondary N) is 1. The Balaban J connectivity index is 1.51. The van der Waals surface area contributed by atoms with Crippen molar-refractivity contribution in [3.63, 3.8) is 0 Å². The molecule has 0 radical (unpaired) electrons. The molecule has 0 aliphatic carbocycles. The maximum atomic E-state index is 14.5. The van der Waals surface area contributed by atoms with Crippen molar-refractivity contribution >= 4 is 11.6 Å². The molecule has 1 N–H and O–H groups in total. The number of amides is 1. The van der Waals surface area contributed by atoms with Gasteiger partial charge in [0.25, 0.3) is 0 Å². The number of H-pyrrole nitrogens is 1. The number of nitrogens with zero attached hydrogens (tertiary/aromatic N) is 2. The zero-order valence-corrected chi connectivity index (χ0v) is 15.3. The average molecular weight is 383 g/mol. The largest absolute Gasteiger partial charge is 0.497 e. The number of ether oxygens (including phenoxy) is 1. The van der Waals surface area contributed by atoms with E-state index in [-0.39, 0.29) is 11.8 Å². The van der Waals surface area contributed by atoms with Gasteiger partial charge in [0.1, 0.15) is 17.4 Å². The Morgan fingerprint density at radius 2 is 2.11 bits per heavy atom. The number of rotatable bonds is 5. The zero-order chi connectivity index (χ0) is 19.7. The van der Waals surface area contributed by atoms with Crippen LogP contribution in [-0.4, -0.2) is 29.8 Å². The highest BCUT2D eigenvalue weighted by Crippen LogP contribution is 2.31. The Morgan fingerprint density at radius 1 is 1.25 bits per heavy atom. The molecule has 1 atom stereocenters. The molecule has 2 aromatic carbocycles. The van der Waals surface area contributed by atoms with Crippen molar-refractivity contribution < 1.29 is 18.3 Å². The van der Waals surface area contributed by atoms with Crippen molar-refractivity contribution in [3.05, 3.63) is 66.0 Å². The van der Waals surface area contributed by atoms with Crippen molar-refractivity contribution in [1.29, 1.82) is 0 Å². The fourth-order valence-electron chi connectivity index (χ4n) is 3.63. The van der Waals surface area contributed by atoms with Gasteiger partial charge in [0.2, 0.25) is 5.91 Å². The van der Waals surface area contributed by atoms with Gasteiger partial charge in [0, 0.05) is 41.5 Å². The fraction of sp³-hybridized carbons (Fsp3) is 0.238. The highest BCUT2D eigenvalue weighted by Gasteiger charge is 2.33. The van der Waals surface area contributed by atoms with Gasteiger partial charge in [-0.05, 0) is 48.7 Å². The molecule has 0 spiro atoms. The van der Waals surface area contributed by atoms with Crippen LogP contribution in [0, 0.1) is 17.6 Å². The monoisotopic (exact) mass is 383 g/mol. The summed E-state index contributed by atoms with van der Waals surface area (Å²) in [5.74, 6) is -0.741. The zero-order valence-electron chi connectivity index (χ0n) is 15.3. The van der Waals surface area contributed by atoms with Crippen LogP contribution in [0.1, 0.15) is 12.0 Å². The van der Waals surface area contributed by atoms with Gasteiger partial charge >= 0.3 is 0 Å². The molecule has 28 heavy (non-hydrogen) atoms. The van der Waals surface area contributed by atoms with E-state index in [9.17, 15) is 13.6 Å². The molecule has 2 heterocycles. The lowest BCUT2D eigenvalue weighted by atomic mass is 9.98. The summed E-state index contributed by atoms with van der Waals surface area (Å²) in [4.78, 5) is 14.4. The molecule has 0 saturated carbocycles. The van der Waals surface area contributed by atoms with E-state index < -0.39 is 11.6 Å². The Morgan fingerprint density at radius 3 is 2.82 bits per heavy atom. The Bertz CT molecular complexity index is 1000. The van der Waals surface area contributed by atoms with E-state index in [0.29, 0.717) is 47.5 Å². The number of methoxy groups -OCH3 is 1. The van der Waals surface area contributed by atoms with Crippen molar-refractivity contribution in [2.75, 3.05) is 18.6 Å². The Kier molecular flexibility index (Phi) is 4.81. The van der Waals surface area contributed by atoms with E-state index in [1.54, 1.807) is 35.5 Å². The summed E-state index contributed by atoms with van der Waals surface area (Å²) in [6.45, 7) is 0.500. The number of carbonyl (C=O) groups excluding carboxylic acids is 1. The molecule has 0 bridgehead atoms. The minimum Gasteiger partial charge on any atom is -0.497 e. The van der Waals surface area contributed by atoms with Crippen LogP contribution in [0.15, 0.2) is 48.8 Å². The highest BCUT2D eigenvalue weighted by molar-refractivity contribution is 5.97. The van der Waals surface area contributed by atoms with Crippen LogP contribution in [0.4, 0.5) is 14.5 Å². The van der Waals surface area contributed by atoms with Crippen LogP contribution in [0.25, 0.3) is 11.1 Å². The van der Waals surface area contributed by atoms with Gasteiger partial charge in [-0.15, -0.1) is 0 Å². The van der Waals surface area contributed by atoms with Crippen LogP contribution in [0.2, 0.25) is 0 Å². The number of aromatic amines is 1. The molecule has 144 valence electrons. The summed E-state index contributed by atoms with van der Waals surface area (Å²) in [5, 5.41) is 6.48. The lowest BCUT2D eigenvalue weighted by molar-refractivity contribution is -0.120. The Labute approximate surface area is 160 Å². The number of carbonyl (C=O) groups is 1. The van der Waals surface area contributed by atoms with Crippen molar-refractivity contribution in [3.8, 4) is 16.9 Å². The van der Waals surface area contributed by atoms with Crippen LogP contribution in [-0.2, 0) is 11.2 Å². The van der Waals surface area contributed by atoms with Gasteiger partial charge in [-0.2, -0.15) is 5.10 Å². The lowest BCUT2D eigenvalue weighted by Crippen LogP contribution is -2.27. The van der Waals surface area contributed by atoms with Crippen molar-refractivity contribution in [2.24, 2.45) is 5.92 Å². The van der Waals surface area contributed by atoms with E-state index in [2.05, 4.69) is 10.2 Å². The van der Waals surface area contributed by atoms with Gasteiger partial charge in [0.05, 0.1) is 13.3 Å². The number of halogens is 2. The van der Waals surface area contributed by atoms with Crippen LogP contribution in [0.3, 0.4) is 0 Å². The predicted octanol–water partition coefficient (Wildman–Crippen LogP) is 3.96. The smallest absolute Gasteiger partial charge is 0.230 e. The maximum absolute atomic E-state index is 14.5. The number of hydrogen-bond acceptors (Lipinski definition) is 3. The molecule has 1 aromatic heterocycles. The van der Waals surface area contributed by atoms with Crippen LogP contribution >= 0.6 is 0 Å². The van der Waals surface area contributed by atoms with Gasteiger partial charge < -0.3 is 9.64 Å². The standard InChI is InChI=1S/C21H19F2N3O2/c1-28-18-8-13(7-16(22)9-18)6-14-4-5-26(21(14)27)17-2-3-19(20(23)10-17)15-11-24-25-12-15/h2-3,7-12,14H,4-6H2,1H3,(H,24,25).